The van der Waals surface area contributed by atoms with Crippen molar-refractivity contribution in [2.75, 3.05) is 51.7 Å². The summed E-state index contributed by atoms with van der Waals surface area (Å²) in [5.41, 5.74) is 3.64. The summed E-state index contributed by atoms with van der Waals surface area (Å²) in [6.45, 7) is 0.420. The Morgan fingerprint density at radius 2 is 1.76 bits per heavy atom. The van der Waals surface area contributed by atoms with Crippen LogP contribution in [-0.4, -0.2) is 68.4 Å². The molecule has 0 saturated carbocycles. The number of thioether (sulfide) groups is 1. The van der Waals surface area contributed by atoms with E-state index in [0.717, 1.165) is 16.7 Å². The third-order valence-corrected chi connectivity index (χ3v) is 8.10. The lowest BCUT2D eigenvalue weighted by atomic mass is 9.99. The highest BCUT2D eigenvalue weighted by Crippen LogP contribution is 2.49. The standard InChI is InChI=1S/C31H31FN4O5S/c1-39-16-15-33-26(37)18-35-27(38)19-42-30(21-9-14-24(40-2)25(17-21)41-3)28-29(20-7-5-4-6-8-20)34-36(31(28)35)23-12-10-22(32)11-13-23/h4-14,17,30H,15-16,18-19H2,1-3H3,(H,33,37)/t30-/m1/s1. The number of hydrogen-bond donors (Lipinski definition) is 1. The minimum Gasteiger partial charge on any atom is -0.493 e. The van der Waals surface area contributed by atoms with Crippen molar-refractivity contribution in [2.45, 2.75) is 5.25 Å². The number of rotatable bonds is 10. The van der Waals surface area contributed by atoms with Crippen molar-refractivity contribution in [1.29, 1.82) is 0 Å². The Balaban J connectivity index is 1.75. The molecule has 0 saturated heterocycles. The van der Waals surface area contributed by atoms with Crippen molar-refractivity contribution >= 4 is 29.4 Å². The number of fused-ring (bicyclic) bond motifs is 1. The Morgan fingerprint density at radius 3 is 2.45 bits per heavy atom. The van der Waals surface area contributed by atoms with Gasteiger partial charge in [-0.05, 0) is 42.0 Å². The fraction of sp³-hybridized carbons (Fsp3) is 0.258. The van der Waals surface area contributed by atoms with Gasteiger partial charge in [-0.25, -0.2) is 9.07 Å². The van der Waals surface area contributed by atoms with Gasteiger partial charge < -0.3 is 19.5 Å². The minimum absolute atomic E-state index is 0.108. The van der Waals surface area contributed by atoms with E-state index >= 15 is 0 Å². The number of nitrogens with one attached hydrogen (secondary N) is 1. The van der Waals surface area contributed by atoms with E-state index in [0.29, 0.717) is 41.8 Å². The lowest BCUT2D eigenvalue weighted by Crippen LogP contribution is -2.43. The largest absolute Gasteiger partial charge is 0.493 e. The summed E-state index contributed by atoms with van der Waals surface area (Å²) in [4.78, 5) is 28.3. The third-order valence-electron chi connectivity index (χ3n) is 6.85. The first-order valence-corrected chi connectivity index (χ1v) is 14.3. The Hall–Kier alpha value is -4.35. The molecule has 5 rings (SSSR count). The molecule has 1 N–H and O–H groups in total. The van der Waals surface area contributed by atoms with Gasteiger partial charge in [0.2, 0.25) is 11.8 Å². The number of methoxy groups -OCH3 is 3. The van der Waals surface area contributed by atoms with Crippen LogP contribution in [0.1, 0.15) is 16.4 Å². The number of ether oxygens (including phenoxy) is 3. The van der Waals surface area contributed by atoms with Crippen LogP contribution >= 0.6 is 11.8 Å². The first kappa shape index (κ1) is 29.2. The predicted molar refractivity (Wildman–Crippen MR) is 160 cm³/mol. The molecule has 0 unspecified atom stereocenters. The molecule has 0 spiro atoms. The van der Waals surface area contributed by atoms with Gasteiger partial charge in [0.1, 0.15) is 18.2 Å². The van der Waals surface area contributed by atoms with Gasteiger partial charge in [-0.1, -0.05) is 36.4 Å². The molecule has 2 heterocycles. The van der Waals surface area contributed by atoms with E-state index in [1.54, 1.807) is 38.1 Å². The van der Waals surface area contributed by atoms with Crippen LogP contribution in [0.15, 0.2) is 72.8 Å². The maximum atomic E-state index is 14.0. The van der Waals surface area contributed by atoms with Crippen LogP contribution in [0, 0.1) is 5.82 Å². The van der Waals surface area contributed by atoms with Gasteiger partial charge in [0.05, 0.1) is 43.2 Å². The summed E-state index contributed by atoms with van der Waals surface area (Å²) in [7, 11) is 4.70. The average Bonchev–Trinajstić information content (AvgIpc) is 3.34. The quantitative estimate of drug-likeness (QED) is 0.269. The van der Waals surface area contributed by atoms with Gasteiger partial charge in [0, 0.05) is 24.8 Å². The second-order valence-corrected chi connectivity index (χ2v) is 10.6. The van der Waals surface area contributed by atoms with Crippen LogP contribution in [0.2, 0.25) is 0 Å². The number of halogens is 1. The third kappa shape index (κ3) is 5.97. The second-order valence-electron chi connectivity index (χ2n) is 9.47. The fourth-order valence-electron chi connectivity index (χ4n) is 4.86. The summed E-state index contributed by atoms with van der Waals surface area (Å²) < 4.78 is 31.7. The molecular weight excluding hydrogens is 559 g/mol. The van der Waals surface area contributed by atoms with Gasteiger partial charge in [0.15, 0.2) is 11.5 Å². The van der Waals surface area contributed by atoms with Crippen LogP contribution < -0.4 is 19.7 Å². The Morgan fingerprint density at radius 1 is 1.02 bits per heavy atom. The number of anilines is 1. The SMILES string of the molecule is COCCNC(=O)CN1C(=O)CS[C@H](c2ccc(OC)c(OC)c2)c2c(-c3ccccc3)nn(-c3ccc(F)cc3)c21. The molecule has 1 aliphatic heterocycles. The average molecular weight is 591 g/mol. The summed E-state index contributed by atoms with van der Waals surface area (Å²) in [5, 5.41) is 7.44. The maximum Gasteiger partial charge on any atom is 0.240 e. The zero-order valence-corrected chi connectivity index (χ0v) is 24.3. The number of nitrogens with zero attached hydrogens (tertiary/aromatic N) is 3. The smallest absolute Gasteiger partial charge is 0.240 e. The normalized spacial score (nSPS) is 14.7. The molecule has 0 bridgehead atoms. The first-order chi connectivity index (χ1) is 20.4. The van der Waals surface area contributed by atoms with E-state index in [1.165, 1.54) is 28.8 Å². The molecule has 42 heavy (non-hydrogen) atoms. The van der Waals surface area contributed by atoms with Crippen LogP contribution in [0.25, 0.3) is 16.9 Å². The molecule has 0 fully saturated rings. The van der Waals surface area contributed by atoms with Crippen molar-refractivity contribution < 1.29 is 28.2 Å². The van der Waals surface area contributed by atoms with E-state index in [1.807, 2.05) is 48.5 Å². The van der Waals surface area contributed by atoms with E-state index in [-0.39, 0.29) is 29.4 Å². The topological polar surface area (TPSA) is 94.9 Å². The van der Waals surface area contributed by atoms with E-state index in [2.05, 4.69) is 5.32 Å². The highest BCUT2D eigenvalue weighted by molar-refractivity contribution is 8.00. The highest BCUT2D eigenvalue weighted by Gasteiger charge is 2.38. The first-order valence-electron chi connectivity index (χ1n) is 13.3. The van der Waals surface area contributed by atoms with Crippen LogP contribution in [-0.2, 0) is 14.3 Å². The molecule has 1 aromatic heterocycles. The Kier molecular flexibility index (Phi) is 9.09. The van der Waals surface area contributed by atoms with Crippen LogP contribution in [0.3, 0.4) is 0 Å². The predicted octanol–water partition coefficient (Wildman–Crippen LogP) is 4.63. The van der Waals surface area contributed by atoms with Gasteiger partial charge in [-0.3, -0.25) is 14.5 Å². The Labute approximate surface area is 247 Å². The summed E-state index contributed by atoms with van der Waals surface area (Å²) in [6, 6.07) is 21.2. The molecule has 218 valence electrons. The summed E-state index contributed by atoms with van der Waals surface area (Å²) >= 11 is 1.44. The van der Waals surface area contributed by atoms with E-state index in [4.69, 9.17) is 19.3 Å². The molecule has 9 nitrogen and oxygen atoms in total. The number of aromatic nitrogens is 2. The molecule has 3 aromatic carbocycles. The van der Waals surface area contributed by atoms with Crippen molar-refractivity contribution in [3.05, 3.63) is 89.7 Å². The Bertz CT molecular complexity index is 1560. The molecule has 11 heteroatoms. The molecule has 4 aromatic rings. The number of carbonyl (C=O) groups excluding carboxylic acids is 2. The zero-order valence-electron chi connectivity index (χ0n) is 23.5. The van der Waals surface area contributed by atoms with Crippen molar-refractivity contribution in [3.63, 3.8) is 0 Å². The number of carbonyl (C=O) groups is 2. The molecule has 0 aliphatic carbocycles. The highest BCUT2D eigenvalue weighted by atomic mass is 32.2. The molecule has 1 aliphatic rings. The monoisotopic (exact) mass is 590 g/mol. The zero-order chi connectivity index (χ0) is 29.6. The van der Waals surface area contributed by atoms with Gasteiger partial charge in [0.25, 0.3) is 0 Å². The maximum absolute atomic E-state index is 14.0. The van der Waals surface area contributed by atoms with E-state index in [9.17, 15) is 14.0 Å². The van der Waals surface area contributed by atoms with Crippen molar-refractivity contribution in [1.82, 2.24) is 15.1 Å². The molecule has 2 amide bonds. The molecule has 1 atom stereocenters. The second kappa shape index (κ2) is 13.1. The number of amides is 2. The number of hydrogen-bond acceptors (Lipinski definition) is 7. The van der Waals surface area contributed by atoms with Crippen molar-refractivity contribution in [2.24, 2.45) is 0 Å². The van der Waals surface area contributed by atoms with Crippen LogP contribution in [0.4, 0.5) is 10.2 Å². The summed E-state index contributed by atoms with van der Waals surface area (Å²) in [5.74, 6) is 0.686. The molecule has 0 radical (unpaired) electrons. The molecular formula is C31H31FN4O5S. The lowest BCUT2D eigenvalue weighted by molar-refractivity contribution is -0.123. The van der Waals surface area contributed by atoms with Crippen molar-refractivity contribution in [3.8, 4) is 28.4 Å². The van der Waals surface area contributed by atoms with Gasteiger partial charge in [-0.2, -0.15) is 5.10 Å². The number of benzene rings is 3. The minimum atomic E-state index is -0.399. The van der Waals surface area contributed by atoms with Gasteiger partial charge >= 0.3 is 0 Å². The summed E-state index contributed by atoms with van der Waals surface area (Å²) in [6.07, 6.45) is 0. The van der Waals surface area contributed by atoms with Crippen LogP contribution in [0.5, 0.6) is 11.5 Å². The fourth-order valence-corrected chi connectivity index (χ4v) is 6.05. The van der Waals surface area contributed by atoms with E-state index < -0.39 is 5.82 Å². The lowest BCUT2D eigenvalue weighted by Gasteiger charge is -2.23. The van der Waals surface area contributed by atoms with Gasteiger partial charge in [-0.15, -0.1) is 11.8 Å².